The van der Waals surface area contributed by atoms with Gasteiger partial charge in [-0.1, -0.05) is 13.0 Å². The molecule has 1 aromatic carbocycles. The number of alkyl halides is 3. The first-order valence-electron chi connectivity index (χ1n) is 9.51. The van der Waals surface area contributed by atoms with Crippen molar-refractivity contribution in [1.29, 1.82) is 0 Å². The molecule has 0 amide bonds. The van der Waals surface area contributed by atoms with Crippen LogP contribution in [0.15, 0.2) is 42.9 Å². The number of nitrogens with zero attached hydrogens (tertiary/aromatic N) is 3. The monoisotopic (exact) mass is 400 g/mol. The average molecular weight is 400 g/mol. The summed E-state index contributed by atoms with van der Waals surface area (Å²) in [6.45, 7) is 2.04. The Balaban J connectivity index is 1.59. The van der Waals surface area contributed by atoms with E-state index in [4.69, 9.17) is 0 Å². The highest BCUT2D eigenvalue weighted by atomic mass is 19.4. The minimum atomic E-state index is -4.39. The van der Waals surface area contributed by atoms with E-state index in [0.29, 0.717) is 28.7 Å². The molecule has 0 radical (unpaired) electrons. The minimum Gasteiger partial charge on any atom is -0.393 e. The lowest BCUT2D eigenvalue weighted by atomic mass is 10.1. The minimum absolute atomic E-state index is 0.164. The van der Waals surface area contributed by atoms with Gasteiger partial charge >= 0.3 is 6.18 Å². The van der Waals surface area contributed by atoms with Crippen molar-refractivity contribution in [2.75, 3.05) is 0 Å². The van der Waals surface area contributed by atoms with Gasteiger partial charge < -0.3 is 14.7 Å². The number of aliphatic hydroxyl groups excluding tert-OH is 1. The summed E-state index contributed by atoms with van der Waals surface area (Å²) in [4.78, 5) is 11.9. The molecule has 3 heterocycles. The van der Waals surface area contributed by atoms with E-state index in [1.54, 1.807) is 6.07 Å². The fourth-order valence-corrected chi connectivity index (χ4v) is 4.33. The third-order valence-corrected chi connectivity index (χ3v) is 5.92. The van der Waals surface area contributed by atoms with Gasteiger partial charge in [0, 0.05) is 28.5 Å². The molecule has 4 aromatic rings. The van der Waals surface area contributed by atoms with Gasteiger partial charge in [-0.2, -0.15) is 13.2 Å². The number of benzene rings is 1. The fraction of sp³-hybridized carbons (Fsp3) is 0.333. The van der Waals surface area contributed by atoms with Gasteiger partial charge in [0.25, 0.3) is 0 Å². The Labute approximate surface area is 164 Å². The lowest BCUT2D eigenvalue weighted by Crippen LogP contribution is -2.08. The third-order valence-electron chi connectivity index (χ3n) is 5.92. The molecule has 0 saturated heterocycles. The number of H-pyrrole nitrogens is 1. The Kier molecular flexibility index (Phi) is 3.96. The van der Waals surface area contributed by atoms with Crippen molar-refractivity contribution in [3.63, 3.8) is 0 Å². The fourth-order valence-electron chi connectivity index (χ4n) is 4.33. The highest BCUT2D eigenvalue weighted by molar-refractivity contribution is 5.94. The zero-order chi connectivity index (χ0) is 20.3. The first-order valence-corrected chi connectivity index (χ1v) is 9.51. The van der Waals surface area contributed by atoms with Crippen LogP contribution in [0.3, 0.4) is 0 Å². The number of aromatic nitrogens is 4. The molecule has 2 N–H and O–H groups in total. The second-order valence-corrected chi connectivity index (χ2v) is 7.84. The second kappa shape index (κ2) is 6.32. The lowest BCUT2D eigenvalue weighted by Gasteiger charge is -2.13. The van der Waals surface area contributed by atoms with Crippen LogP contribution in [0.5, 0.6) is 0 Å². The summed E-state index contributed by atoms with van der Waals surface area (Å²) in [5, 5.41) is 11.6. The molecule has 5 nitrogen and oxygen atoms in total. The van der Waals surface area contributed by atoms with Crippen LogP contribution < -0.4 is 0 Å². The molecule has 1 aliphatic carbocycles. The van der Waals surface area contributed by atoms with Crippen LogP contribution in [0, 0.1) is 5.92 Å². The summed E-state index contributed by atoms with van der Waals surface area (Å²) in [5.41, 5.74) is 1.77. The second-order valence-electron chi connectivity index (χ2n) is 7.84. The number of aliphatic hydroxyl groups is 1. The van der Waals surface area contributed by atoms with Crippen molar-refractivity contribution in [3.8, 4) is 11.4 Å². The number of fused-ring (bicyclic) bond motifs is 2. The molecule has 150 valence electrons. The van der Waals surface area contributed by atoms with Crippen molar-refractivity contribution in [3.05, 3.63) is 48.4 Å². The van der Waals surface area contributed by atoms with Crippen LogP contribution in [0.25, 0.3) is 33.3 Å². The number of hydrogen-bond acceptors (Lipinski definition) is 3. The van der Waals surface area contributed by atoms with Crippen molar-refractivity contribution < 1.29 is 18.3 Å². The molecular weight excluding hydrogens is 381 g/mol. The summed E-state index contributed by atoms with van der Waals surface area (Å²) >= 11 is 0. The van der Waals surface area contributed by atoms with Gasteiger partial charge in [-0.15, -0.1) is 0 Å². The van der Waals surface area contributed by atoms with E-state index < -0.39 is 11.7 Å². The number of hydrogen-bond donors (Lipinski definition) is 2. The Hall–Kier alpha value is -2.87. The van der Waals surface area contributed by atoms with Gasteiger partial charge in [0.1, 0.15) is 12.0 Å². The Morgan fingerprint density at radius 1 is 1.14 bits per heavy atom. The van der Waals surface area contributed by atoms with E-state index in [1.807, 2.05) is 19.2 Å². The molecule has 5 rings (SSSR count). The SMILES string of the molecule is C[C@H]1C[C@@H](n2ccc3c(-c4cc5ccc(C(F)(F)F)cc5[nH]4)ncnc32)C[C@@H]1O. The Morgan fingerprint density at radius 2 is 1.97 bits per heavy atom. The molecule has 0 unspecified atom stereocenters. The summed E-state index contributed by atoms with van der Waals surface area (Å²) in [5.74, 6) is 0.232. The molecule has 3 aromatic heterocycles. The predicted molar refractivity (Wildman–Crippen MR) is 103 cm³/mol. The van der Waals surface area contributed by atoms with Crippen molar-refractivity contribution >= 4 is 21.9 Å². The predicted octanol–water partition coefficient (Wildman–Crippen LogP) is 4.93. The molecule has 1 fully saturated rings. The zero-order valence-electron chi connectivity index (χ0n) is 15.6. The summed E-state index contributed by atoms with van der Waals surface area (Å²) in [6.07, 6.45) is 0.254. The molecular formula is C21H19F3N4O. The van der Waals surface area contributed by atoms with Gasteiger partial charge in [-0.3, -0.25) is 0 Å². The Bertz CT molecular complexity index is 1200. The molecule has 0 spiro atoms. The quantitative estimate of drug-likeness (QED) is 0.501. The van der Waals surface area contributed by atoms with Crippen LogP contribution in [0.2, 0.25) is 0 Å². The molecule has 29 heavy (non-hydrogen) atoms. The van der Waals surface area contributed by atoms with Gasteiger partial charge in [0.2, 0.25) is 0 Å². The van der Waals surface area contributed by atoms with Gasteiger partial charge in [0.15, 0.2) is 0 Å². The maximum absolute atomic E-state index is 13.0. The smallest absolute Gasteiger partial charge is 0.393 e. The van der Waals surface area contributed by atoms with E-state index in [1.165, 1.54) is 12.4 Å². The largest absolute Gasteiger partial charge is 0.416 e. The van der Waals surface area contributed by atoms with Gasteiger partial charge in [0.05, 0.1) is 23.1 Å². The first kappa shape index (κ1) is 18.2. The molecule has 0 aliphatic heterocycles. The molecule has 1 saturated carbocycles. The maximum Gasteiger partial charge on any atom is 0.416 e. The highest BCUT2D eigenvalue weighted by Crippen LogP contribution is 2.38. The van der Waals surface area contributed by atoms with Crippen LogP contribution in [-0.2, 0) is 6.18 Å². The van der Waals surface area contributed by atoms with Crippen molar-refractivity contribution in [2.45, 2.75) is 38.1 Å². The molecule has 1 aliphatic rings. The third kappa shape index (κ3) is 2.98. The average Bonchev–Trinajstić information content (AvgIpc) is 3.37. The van der Waals surface area contributed by atoms with Crippen LogP contribution >= 0.6 is 0 Å². The van der Waals surface area contributed by atoms with E-state index in [-0.39, 0.29) is 18.1 Å². The first-order chi connectivity index (χ1) is 13.8. The number of rotatable bonds is 2. The van der Waals surface area contributed by atoms with E-state index in [9.17, 15) is 18.3 Å². The van der Waals surface area contributed by atoms with Gasteiger partial charge in [-0.25, -0.2) is 9.97 Å². The topological polar surface area (TPSA) is 66.7 Å². The van der Waals surface area contributed by atoms with Crippen LogP contribution in [0.1, 0.15) is 31.4 Å². The van der Waals surface area contributed by atoms with Gasteiger partial charge in [-0.05, 0) is 43.0 Å². The summed E-state index contributed by atoms with van der Waals surface area (Å²) in [7, 11) is 0. The van der Waals surface area contributed by atoms with Crippen molar-refractivity contribution in [2.24, 2.45) is 5.92 Å². The zero-order valence-corrected chi connectivity index (χ0v) is 15.6. The summed E-state index contributed by atoms with van der Waals surface area (Å²) in [6, 6.07) is 7.55. The van der Waals surface area contributed by atoms with E-state index in [2.05, 4.69) is 19.5 Å². The number of aromatic amines is 1. The molecule has 0 bridgehead atoms. The normalized spacial score (nSPS) is 22.7. The van der Waals surface area contributed by atoms with E-state index >= 15 is 0 Å². The Morgan fingerprint density at radius 3 is 2.69 bits per heavy atom. The van der Waals surface area contributed by atoms with E-state index in [0.717, 1.165) is 29.6 Å². The maximum atomic E-state index is 13.0. The highest BCUT2D eigenvalue weighted by Gasteiger charge is 2.32. The number of halogens is 3. The molecule has 3 atom stereocenters. The molecule has 8 heteroatoms. The summed E-state index contributed by atoms with van der Waals surface area (Å²) < 4.78 is 41.1. The lowest BCUT2D eigenvalue weighted by molar-refractivity contribution is -0.137. The van der Waals surface area contributed by atoms with Crippen molar-refractivity contribution in [1.82, 2.24) is 19.5 Å². The van der Waals surface area contributed by atoms with Crippen LogP contribution in [0.4, 0.5) is 13.2 Å². The number of nitrogens with one attached hydrogen (secondary N) is 1. The van der Waals surface area contributed by atoms with Crippen LogP contribution in [-0.4, -0.2) is 30.7 Å². The standard InChI is InChI=1S/C21H19F3N4O/c1-11-6-14(9-18(11)29)28-5-4-15-19(25-10-26-20(15)28)17-7-12-2-3-13(21(22,23)24)8-16(12)27-17/h2-5,7-8,10-11,14,18,27,29H,6,9H2,1H3/t11-,14+,18-/m0/s1.